The normalized spacial score (nSPS) is 23.3. The van der Waals surface area contributed by atoms with Crippen LogP contribution >= 0.6 is 0 Å². The minimum atomic E-state index is 0.176. The number of nitrogens with zero attached hydrogens (tertiary/aromatic N) is 5. The Morgan fingerprint density at radius 1 is 1.00 bits per heavy atom. The van der Waals surface area contributed by atoms with Crippen LogP contribution in [0.25, 0.3) is 16.9 Å². The van der Waals surface area contributed by atoms with E-state index in [2.05, 4.69) is 27.2 Å². The molecule has 2 fully saturated rings. The molecule has 1 aromatic carbocycles. The summed E-state index contributed by atoms with van der Waals surface area (Å²) in [5.74, 6) is 2.86. The lowest BCUT2D eigenvalue weighted by molar-refractivity contribution is 0.312. The van der Waals surface area contributed by atoms with E-state index in [0.29, 0.717) is 17.3 Å². The number of benzene rings is 1. The van der Waals surface area contributed by atoms with Crippen molar-refractivity contribution < 1.29 is 5.11 Å². The molecule has 0 aliphatic heterocycles. The summed E-state index contributed by atoms with van der Waals surface area (Å²) in [6.07, 6.45) is 8.63. The first-order valence-electron chi connectivity index (χ1n) is 10.5. The maximum Gasteiger partial charge on any atom is 0.151 e. The van der Waals surface area contributed by atoms with Crippen LogP contribution in [0, 0.1) is 18.8 Å². The highest BCUT2D eigenvalue weighted by molar-refractivity contribution is 5.69. The molecular formula is C23H27N5O. The molecule has 0 amide bonds. The molecule has 2 aliphatic rings. The van der Waals surface area contributed by atoms with Crippen LogP contribution in [-0.4, -0.2) is 38.2 Å². The quantitative estimate of drug-likeness (QED) is 0.718. The maximum absolute atomic E-state index is 10.5. The van der Waals surface area contributed by atoms with E-state index in [-0.39, 0.29) is 5.75 Å². The van der Waals surface area contributed by atoms with Crippen molar-refractivity contribution in [2.75, 3.05) is 11.9 Å². The lowest BCUT2D eigenvalue weighted by atomic mass is 9.85. The first-order chi connectivity index (χ1) is 14.1. The van der Waals surface area contributed by atoms with Crippen LogP contribution in [0.15, 0.2) is 42.6 Å². The van der Waals surface area contributed by atoms with E-state index in [1.165, 1.54) is 32.1 Å². The van der Waals surface area contributed by atoms with E-state index < -0.39 is 0 Å². The van der Waals surface area contributed by atoms with E-state index in [1.54, 1.807) is 10.7 Å². The molecule has 6 heteroatoms. The Labute approximate surface area is 171 Å². The number of hydrogen-bond donors (Lipinski definition) is 1. The van der Waals surface area contributed by atoms with E-state index >= 15 is 0 Å². The summed E-state index contributed by atoms with van der Waals surface area (Å²) in [5.41, 5.74) is 3.10. The van der Waals surface area contributed by atoms with Crippen molar-refractivity contribution in [1.82, 2.24) is 20.0 Å². The highest BCUT2D eigenvalue weighted by Gasteiger charge is 2.36. The minimum Gasteiger partial charge on any atom is -0.507 e. The molecule has 150 valence electrons. The Balaban J connectivity index is 1.34. The standard InChI is InChI=1S/C23H27N5O/c1-15-9-10-28(26-15)18-5-6-20(22(29)14-18)21-7-8-23(25-24-21)27(2)19-12-16-3-4-17(11-16)13-19/h5-10,14,16-17,19,29H,3-4,11-13H2,1-2H3/t16-,17+,19?. The molecule has 6 nitrogen and oxygen atoms in total. The van der Waals surface area contributed by atoms with Crippen LogP contribution < -0.4 is 4.90 Å². The Hall–Kier alpha value is -2.89. The van der Waals surface area contributed by atoms with Crippen LogP contribution in [0.3, 0.4) is 0 Å². The number of phenolic OH excluding ortho intramolecular Hbond substituents is 1. The van der Waals surface area contributed by atoms with Crippen LogP contribution in [0.2, 0.25) is 0 Å². The van der Waals surface area contributed by atoms with Crippen LogP contribution in [0.4, 0.5) is 5.82 Å². The van der Waals surface area contributed by atoms with Crippen molar-refractivity contribution >= 4 is 5.82 Å². The lowest BCUT2D eigenvalue weighted by Crippen LogP contribution is -2.37. The maximum atomic E-state index is 10.5. The molecule has 2 aliphatic carbocycles. The molecule has 2 saturated carbocycles. The van der Waals surface area contributed by atoms with E-state index in [0.717, 1.165) is 29.0 Å². The topological polar surface area (TPSA) is 67.1 Å². The summed E-state index contributed by atoms with van der Waals surface area (Å²) in [6.45, 7) is 1.94. The third kappa shape index (κ3) is 3.48. The molecule has 1 N–H and O–H groups in total. The molecular weight excluding hydrogens is 362 g/mol. The first kappa shape index (κ1) is 18.2. The molecule has 3 atom stereocenters. The highest BCUT2D eigenvalue weighted by Crippen LogP contribution is 2.43. The van der Waals surface area contributed by atoms with Gasteiger partial charge < -0.3 is 10.0 Å². The number of aromatic hydroxyl groups is 1. The minimum absolute atomic E-state index is 0.176. The van der Waals surface area contributed by atoms with Gasteiger partial charge in [0, 0.05) is 30.9 Å². The molecule has 2 heterocycles. The van der Waals surface area contributed by atoms with Crippen LogP contribution in [0.1, 0.15) is 37.8 Å². The van der Waals surface area contributed by atoms with Gasteiger partial charge in [0.15, 0.2) is 5.82 Å². The van der Waals surface area contributed by atoms with Crippen molar-refractivity contribution in [2.24, 2.45) is 11.8 Å². The van der Waals surface area contributed by atoms with Crippen molar-refractivity contribution in [3.05, 3.63) is 48.3 Å². The molecule has 1 unspecified atom stereocenters. The Kier molecular flexibility index (Phi) is 4.49. The second-order valence-electron chi connectivity index (χ2n) is 8.66. The van der Waals surface area contributed by atoms with Gasteiger partial charge in [-0.3, -0.25) is 0 Å². The van der Waals surface area contributed by atoms with Gasteiger partial charge >= 0.3 is 0 Å². The average Bonchev–Trinajstić information content (AvgIpc) is 3.32. The molecule has 0 radical (unpaired) electrons. The zero-order valence-electron chi connectivity index (χ0n) is 17.0. The van der Waals surface area contributed by atoms with Gasteiger partial charge in [0.1, 0.15) is 5.75 Å². The van der Waals surface area contributed by atoms with E-state index in [4.69, 9.17) is 0 Å². The Bertz CT molecular complexity index is 1000. The SMILES string of the molecule is Cc1ccn(-c2ccc(-c3ccc(N(C)C4C[C@H]5CC[C@@H](C4)C5)nn3)c(O)c2)n1. The van der Waals surface area contributed by atoms with Crippen molar-refractivity contribution in [3.63, 3.8) is 0 Å². The number of rotatable bonds is 4. The zero-order valence-corrected chi connectivity index (χ0v) is 17.0. The number of aromatic nitrogens is 4. The van der Waals surface area contributed by atoms with Crippen molar-refractivity contribution in [3.8, 4) is 22.7 Å². The van der Waals surface area contributed by atoms with Gasteiger partial charge in [-0.2, -0.15) is 5.10 Å². The average molecular weight is 390 g/mol. The number of anilines is 1. The van der Waals surface area contributed by atoms with Crippen molar-refractivity contribution in [1.29, 1.82) is 0 Å². The number of hydrogen-bond acceptors (Lipinski definition) is 5. The highest BCUT2D eigenvalue weighted by atomic mass is 16.3. The largest absolute Gasteiger partial charge is 0.507 e. The number of aryl methyl sites for hydroxylation is 1. The third-order valence-electron chi connectivity index (χ3n) is 6.66. The van der Waals surface area contributed by atoms with Crippen LogP contribution in [0.5, 0.6) is 5.75 Å². The smallest absolute Gasteiger partial charge is 0.151 e. The molecule has 3 aromatic rings. The monoisotopic (exact) mass is 389 g/mol. The second-order valence-corrected chi connectivity index (χ2v) is 8.66. The fourth-order valence-electron chi connectivity index (χ4n) is 5.07. The Morgan fingerprint density at radius 3 is 2.41 bits per heavy atom. The lowest BCUT2D eigenvalue weighted by Gasteiger charge is -2.35. The van der Waals surface area contributed by atoms with E-state index in [9.17, 15) is 5.11 Å². The first-order valence-corrected chi connectivity index (χ1v) is 10.5. The third-order valence-corrected chi connectivity index (χ3v) is 6.66. The van der Waals surface area contributed by atoms with Crippen LogP contribution in [-0.2, 0) is 0 Å². The van der Waals surface area contributed by atoms with Gasteiger partial charge in [0.25, 0.3) is 0 Å². The van der Waals surface area contributed by atoms with Gasteiger partial charge in [-0.05, 0) is 68.4 Å². The molecule has 2 aromatic heterocycles. The summed E-state index contributed by atoms with van der Waals surface area (Å²) in [4.78, 5) is 2.30. The predicted octanol–water partition coefficient (Wildman–Crippen LogP) is 4.36. The predicted molar refractivity (Wildman–Crippen MR) is 113 cm³/mol. The summed E-state index contributed by atoms with van der Waals surface area (Å²) in [6, 6.07) is 12.0. The number of fused-ring (bicyclic) bond motifs is 2. The molecule has 2 bridgehead atoms. The van der Waals surface area contributed by atoms with Gasteiger partial charge in [-0.15, -0.1) is 10.2 Å². The summed E-state index contributed by atoms with van der Waals surface area (Å²) < 4.78 is 1.75. The van der Waals surface area contributed by atoms with Gasteiger partial charge in [0.2, 0.25) is 0 Å². The summed E-state index contributed by atoms with van der Waals surface area (Å²) in [7, 11) is 2.14. The van der Waals surface area contributed by atoms with Gasteiger partial charge in [0.05, 0.1) is 17.1 Å². The summed E-state index contributed by atoms with van der Waals surface area (Å²) in [5, 5.41) is 23.8. The second kappa shape index (κ2) is 7.17. The number of phenols is 1. The molecule has 29 heavy (non-hydrogen) atoms. The van der Waals surface area contributed by atoms with Crippen molar-refractivity contribution in [2.45, 2.75) is 45.1 Å². The fraction of sp³-hybridized carbons (Fsp3) is 0.435. The summed E-state index contributed by atoms with van der Waals surface area (Å²) >= 11 is 0. The van der Waals surface area contributed by atoms with E-state index in [1.807, 2.05) is 43.5 Å². The molecule has 5 rings (SSSR count). The zero-order chi connectivity index (χ0) is 20.0. The van der Waals surface area contributed by atoms with Gasteiger partial charge in [-0.25, -0.2) is 4.68 Å². The molecule has 0 saturated heterocycles. The van der Waals surface area contributed by atoms with Gasteiger partial charge in [-0.1, -0.05) is 12.8 Å². The fourth-order valence-corrected chi connectivity index (χ4v) is 5.07. The Morgan fingerprint density at radius 2 is 1.79 bits per heavy atom. The molecule has 0 spiro atoms.